The highest BCUT2D eigenvalue weighted by Gasteiger charge is 2.24. The lowest BCUT2D eigenvalue weighted by Crippen LogP contribution is -2.44. The van der Waals surface area contributed by atoms with Crippen molar-refractivity contribution in [1.82, 2.24) is 14.9 Å². The van der Waals surface area contributed by atoms with Gasteiger partial charge in [0, 0.05) is 43.0 Å². The molecule has 0 saturated carbocycles. The van der Waals surface area contributed by atoms with Crippen molar-refractivity contribution >= 4 is 28.0 Å². The van der Waals surface area contributed by atoms with Crippen LogP contribution in [0.3, 0.4) is 0 Å². The van der Waals surface area contributed by atoms with Crippen LogP contribution in [-0.2, 0) is 22.6 Å². The fourth-order valence-electron chi connectivity index (χ4n) is 4.30. The zero-order valence-electron chi connectivity index (χ0n) is 16.8. The van der Waals surface area contributed by atoms with E-state index in [0.29, 0.717) is 5.56 Å². The smallest absolute Gasteiger partial charge is 0.449 e. The average Bonchev–Trinajstić information content (AvgIpc) is 3.02. The zero-order chi connectivity index (χ0) is 20.5. The molecular formula is C21H25N3O5. The molecule has 8 heteroatoms. The SMILES string of the molecule is COCc1c(OC(=O)O)ncc2[nH]c3cccc(CN4CC(C)OC(C)C4)c3c12. The molecule has 0 amide bonds. The molecule has 4 rings (SSSR count). The number of fused-ring (bicyclic) bond motifs is 3. The van der Waals surface area contributed by atoms with Gasteiger partial charge in [-0.15, -0.1) is 0 Å². The van der Waals surface area contributed by atoms with Crippen molar-refractivity contribution < 1.29 is 24.1 Å². The number of aromatic nitrogens is 2. The van der Waals surface area contributed by atoms with Crippen molar-refractivity contribution in [2.24, 2.45) is 0 Å². The molecule has 2 aromatic heterocycles. The maximum Gasteiger partial charge on any atom is 0.512 e. The number of morpholine rings is 1. The number of nitrogens with zero attached hydrogens (tertiary/aromatic N) is 2. The number of rotatable bonds is 5. The van der Waals surface area contributed by atoms with E-state index >= 15 is 0 Å². The fourth-order valence-corrected chi connectivity index (χ4v) is 4.30. The molecule has 0 bridgehead atoms. The second-order valence-corrected chi connectivity index (χ2v) is 7.55. The number of benzene rings is 1. The Morgan fingerprint density at radius 1 is 1.28 bits per heavy atom. The first-order valence-electron chi connectivity index (χ1n) is 9.65. The van der Waals surface area contributed by atoms with E-state index in [1.165, 1.54) is 0 Å². The van der Waals surface area contributed by atoms with Gasteiger partial charge in [-0.2, -0.15) is 0 Å². The summed E-state index contributed by atoms with van der Waals surface area (Å²) in [6, 6.07) is 6.14. The number of pyridine rings is 1. The molecule has 154 valence electrons. The topological polar surface area (TPSA) is 96.9 Å². The lowest BCUT2D eigenvalue weighted by atomic mass is 10.0. The van der Waals surface area contributed by atoms with Crippen LogP contribution < -0.4 is 4.74 Å². The van der Waals surface area contributed by atoms with Crippen LogP contribution in [0.5, 0.6) is 5.88 Å². The van der Waals surface area contributed by atoms with Crippen LogP contribution in [0.2, 0.25) is 0 Å². The Morgan fingerprint density at radius 2 is 2.03 bits per heavy atom. The number of methoxy groups -OCH3 is 1. The third-order valence-corrected chi connectivity index (χ3v) is 5.17. The summed E-state index contributed by atoms with van der Waals surface area (Å²) in [6.45, 7) is 6.87. The molecular weight excluding hydrogens is 374 g/mol. The largest absolute Gasteiger partial charge is 0.512 e. The van der Waals surface area contributed by atoms with Gasteiger partial charge in [-0.3, -0.25) is 4.90 Å². The van der Waals surface area contributed by atoms with E-state index in [-0.39, 0.29) is 24.7 Å². The van der Waals surface area contributed by atoms with E-state index in [1.807, 2.05) is 12.1 Å². The zero-order valence-corrected chi connectivity index (χ0v) is 16.8. The Kier molecular flexibility index (Phi) is 5.40. The van der Waals surface area contributed by atoms with E-state index in [9.17, 15) is 4.79 Å². The average molecular weight is 399 g/mol. The molecule has 0 spiro atoms. The van der Waals surface area contributed by atoms with Crippen molar-refractivity contribution in [3.8, 4) is 5.88 Å². The molecule has 3 heterocycles. The number of ether oxygens (including phenoxy) is 3. The van der Waals surface area contributed by atoms with E-state index < -0.39 is 6.16 Å². The summed E-state index contributed by atoms with van der Waals surface area (Å²) >= 11 is 0. The van der Waals surface area contributed by atoms with Gasteiger partial charge in [0.1, 0.15) is 0 Å². The summed E-state index contributed by atoms with van der Waals surface area (Å²) in [5.74, 6) is 0.0520. The molecule has 2 N–H and O–H groups in total. The lowest BCUT2D eigenvalue weighted by molar-refractivity contribution is -0.0703. The molecule has 3 aromatic rings. The Labute approximate surface area is 168 Å². The van der Waals surface area contributed by atoms with Crippen LogP contribution >= 0.6 is 0 Å². The van der Waals surface area contributed by atoms with Crippen molar-refractivity contribution in [3.63, 3.8) is 0 Å². The number of aromatic amines is 1. The highest BCUT2D eigenvalue weighted by atomic mass is 16.7. The minimum atomic E-state index is -1.40. The maximum absolute atomic E-state index is 11.1. The Balaban J connectivity index is 1.85. The number of H-pyrrole nitrogens is 1. The van der Waals surface area contributed by atoms with Gasteiger partial charge < -0.3 is 24.3 Å². The normalized spacial score (nSPS) is 20.4. The predicted molar refractivity (Wildman–Crippen MR) is 108 cm³/mol. The van der Waals surface area contributed by atoms with Crippen LogP contribution in [0, 0.1) is 0 Å². The van der Waals surface area contributed by atoms with E-state index in [2.05, 4.69) is 34.8 Å². The minimum absolute atomic E-state index is 0.0520. The van der Waals surface area contributed by atoms with Crippen molar-refractivity contribution in [1.29, 1.82) is 0 Å². The van der Waals surface area contributed by atoms with Crippen molar-refractivity contribution in [2.75, 3.05) is 20.2 Å². The molecule has 1 fully saturated rings. The number of hydrogen-bond donors (Lipinski definition) is 2. The molecule has 1 aliphatic heterocycles. The second-order valence-electron chi connectivity index (χ2n) is 7.55. The molecule has 29 heavy (non-hydrogen) atoms. The number of hydrogen-bond acceptors (Lipinski definition) is 6. The Bertz CT molecular complexity index is 1040. The van der Waals surface area contributed by atoms with Crippen LogP contribution in [0.1, 0.15) is 25.0 Å². The molecule has 2 unspecified atom stereocenters. The van der Waals surface area contributed by atoms with Crippen LogP contribution in [0.4, 0.5) is 4.79 Å². The van der Waals surface area contributed by atoms with Gasteiger partial charge in [0.05, 0.1) is 36.1 Å². The summed E-state index contributed by atoms with van der Waals surface area (Å²) in [5, 5.41) is 11.0. The van der Waals surface area contributed by atoms with Gasteiger partial charge in [0.15, 0.2) is 0 Å². The highest BCUT2D eigenvalue weighted by Crippen LogP contribution is 2.35. The van der Waals surface area contributed by atoms with Crippen LogP contribution in [-0.4, -0.2) is 58.5 Å². The van der Waals surface area contributed by atoms with Gasteiger partial charge in [0.2, 0.25) is 5.88 Å². The summed E-state index contributed by atoms with van der Waals surface area (Å²) < 4.78 is 16.1. The number of carboxylic acid groups (broad SMARTS) is 1. The van der Waals surface area contributed by atoms with Gasteiger partial charge >= 0.3 is 6.16 Å². The van der Waals surface area contributed by atoms with Crippen molar-refractivity contribution in [3.05, 3.63) is 35.5 Å². The van der Waals surface area contributed by atoms with Crippen molar-refractivity contribution in [2.45, 2.75) is 39.2 Å². The monoisotopic (exact) mass is 399 g/mol. The Morgan fingerprint density at radius 3 is 2.72 bits per heavy atom. The molecule has 1 saturated heterocycles. The maximum atomic E-state index is 11.1. The Hall–Kier alpha value is -2.68. The molecule has 1 aliphatic rings. The summed E-state index contributed by atoms with van der Waals surface area (Å²) in [7, 11) is 1.57. The summed E-state index contributed by atoms with van der Waals surface area (Å²) in [6.07, 6.45) is 0.579. The predicted octanol–water partition coefficient (Wildman–Crippen LogP) is 3.53. The number of nitrogens with one attached hydrogen (secondary N) is 1. The van der Waals surface area contributed by atoms with Gasteiger partial charge in [0.25, 0.3) is 0 Å². The molecule has 2 atom stereocenters. The molecule has 0 radical (unpaired) electrons. The lowest BCUT2D eigenvalue weighted by Gasteiger charge is -2.35. The number of carbonyl (C=O) groups is 1. The third kappa shape index (κ3) is 3.91. The van der Waals surface area contributed by atoms with E-state index in [1.54, 1.807) is 13.3 Å². The standard InChI is InChI=1S/C21H25N3O5/c1-12-8-24(9-13(2)28-12)10-14-5-4-6-16-18(14)19-15(11-27-3)20(29-21(25)26)22-7-17(19)23-16/h4-7,12-13,23H,8-11H2,1-3H3,(H,25,26). The second kappa shape index (κ2) is 7.98. The quantitative estimate of drug-likeness (QED) is 0.634. The van der Waals surface area contributed by atoms with Crippen LogP contribution in [0.25, 0.3) is 21.8 Å². The fraction of sp³-hybridized carbons (Fsp3) is 0.429. The third-order valence-electron chi connectivity index (χ3n) is 5.17. The van der Waals surface area contributed by atoms with Crippen LogP contribution in [0.15, 0.2) is 24.4 Å². The molecule has 1 aromatic carbocycles. The first-order chi connectivity index (χ1) is 14.0. The van der Waals surface area contributed by atoms with E-state index in [0.717, 1.165) is 47.0 Å². The minimum Gasteiger partial charge on any atom is -0.449 e. The van der Waals surface area contributed by atoms with Gasteiger partial charge in [-0.25, -0.2) is 9.78 Å². The van der Waals surface area contributed by atoms with Gasteiger partial charge in [-0.05, 0) is 25.5 Å². The van der Waals surface area contributed by atoms with Gasteiger partial charge in [-0.1, -0.05) is 12.1 Å². The van der Waals surface area contributed by atoms with E-state index in [4.69, 9.17) is 19.3 Å². The first-order valence-corrected chi connectivity index (χ1v) is 9.65. The molecule has 8 nitrogen and oxygen atoms in total. The first kappa shape index (κ1) is 19.6. The summed E-state index contributed by atoms with van der Waals surface area (Å²) in [4.78, 5) is 21.1. The highest BCUT2D eigenvalue weighted by molar-refractivity contribution is 6.11. The molecule has 0 aliphatic carbocycles. The summed E-state index contributed by atoms with van der Waals surface area (Å²) in [5.41, 5.74) is 3.56.